The van der Waals surface area contributed by atoms with E-state index in [0.717, 1.165) is 0 Å². The van der Waals surface area contributed by atoms with E-state index in [9.17, 15) is 22.8 Å². The van der Waals surface area contributed by atoms with Crippen LogP contribution in [0.15, 0.2) is 29.2 Å². The van der Waals surface area contributed by atoms with Gasteiger partial charge in [0.1, 0.15) is 5.60 Å². The number of carbonyl (C=O) groups is 2. The summed E-state index contributed by atoms with van der Waals surface area (Å²) in [4.78, 5) is 23.2. The molecule has 0 bridgehead atoms. The summed E-state index contributed by atoms with van der Waals surface area (Å²) < 4.78 is 42.1. The average molecular weight is 378 g/mol. The molecule has 25 heavy (non-hydrogen) atoms. The quantitative estimate of drug-likeness (QED) is 0.433. The highest BCUT2D eigenvalue weighted by Crippen LogP contribution is 2.37. The molecule has 0 aliphatic carbocycles. The minimum absolute atomic E-state index is 0.0183. The first-order valence-electron chi connectivity index (χ1n) is 7.57. The van der Waals surface area contributed by atoms with E-state index in [-0.39, 0.29) is 41.3 Å². The maximum atomic E-state index is 12.3. The first kappa shape index (κ1) is 21.1. The van der Waals surface area contributed by atoms with Gasteiger partial charge in [0.2, 0.25) is 0 Å². The SMILES string of the molecule is CC(C)(C)OC(=O)CCCNC(=O)Nc1cccc(SC(F)(F)F)c1. The van der Waals surface area contributed by atoms with Gasteiger partial charge in [-0.1, -0.05) is 6.07 Å². The summed E-state index contributed by atoms with van der Waals surface area (Å²) in [7, 11) is 0. The molecule has 9 heteroatoms. The summed E-state index contributed by atoms with van der Waals surface area (Å²) in [5, 5.41) is 4.98. The highest BCUT2D eigenvalue weighted by atomic mass is 32.2. The molecule has 0 heterocycles. The Hall–Kier alpha value is -1.90. The maximum absolute atomic E-state index is 12.3. The second kappa shape index (κ2) is 8.98. The molecule has 0 aliphatic heterocycles. The van der Waals surface area contributed by atoms with Crippen LogP contribution in [0.1, 0.15) is 33.6 Å². The third kappa shape index (κ3) is 10.5. The van der Waals surface area contributed by atoms with Gasteiger partial charge in [0.25, 0.3) is 0 Å². The fourth-order valence-electron chi connectivity index (χ4n) is 1.77. The number of hydrogen-bond acceptors (Lipinski definition) is 4. The van der Waals surface area contributed by atoms with Crippen molar-refractivity contribution in [1.82, 2.24) is 5.32 Å². The van der Waals surface area contributed by atoms with Crippen molar-refractivity contribution in [2.75, 3.05) is 11.9 Å². The molecule has 0 aromatic heterocycles. The number of urea groups is 1. The summed E-state index contributed by atoms with van der Waals surface area (Å²) in [5.74, 6) is -0.355. The summed E-state index contributed by atoms with van der Waals surface area (Å²) in [5.41, 5.74) is -4.69. The third-order valence-electron chi connectivity index (χ3n) is 2.59. The van der Waals surface area contributed by atoms with Crippen molar-refractivity contribution in [3.63, 3.8) is 0 Å². The van der Waals surface area contributed by atoms with E-state index in [4.69, 9.17) is 4.74 Å². The van der Waals surface area contributed by atoms with E-state index in [2.05, 4.69) is 10.6 Å². The molecule has 2 amide bonds. The molecule has 5 nitrogen and oxygen atoms in total. The molecule has 140 valence electrons. The second-order valence-corrected chi connectivity index (χ2v) is 7.28. The number of alkyl halides is 3. The van der Waals surface area contributed by atoms with E-state index in [1.54, 1.807) is 20.8 Å². The minimum atomic E-state index is -4.39. The van der Waals surface area contributed by atoms with Gasteiger partial charge < -0.3 is 15.4 Å². The van der Waals surface area contributed by atoms with E-state index >= 15 is 0 Å². The van der Waals surface area contributed by atoms with Crippen LogP contribution in [0.2, 0.25) is 0 Å². The van der Waals surface area contributed by atoms with Crippen molar-refractivity contribution in [2.24, 2.45) is 0 Å². The van der Waals surface area contributed by atoms with Crippen LogP contribution in [-0.2, 0) is 9.53 Å². The first-order valence-corrected chi connectivity index (χ1v) is 8.39. The number of amides is 2. The Kier molecular flexibility index (Phi) is 7.60. The normalized spacial score (nSPS) is 11.8. The number of nitrogens with one attached hydrogen (secondary N) is 2. The molecule has 0 fully saturated rings. The zero-order valence-corrected chi connectivity index (χ0v) is 15.0. The summed E-state index contributed by atoms with van der Waals surface area (Å²) in [6.07, 6.45) is 0.557. The van der Waals surface area contributed by atoms with Crippen LogP contribution < -0.4 is 10.6 Å². The molecule has 1 aromatic rings. The predicted octanol–water partition coefficient (Wildman–Crippen LogP) is 4.54. The zero-order valence-electron chi connectivity index (χ0n) is 14.2. The third-order valence-corrected chi connectivity index (χ3v) is 3.31. The Balaban J connectivity index is 2.35. The molecule has 0 atom stereocenters. The number of ether oxygens (including phenoxy) is 1. The van der Waals surface area contributed by atoms with Crippen molar-refractivity contribution in [2.45, 2.75) is 49.6 Å². The fourth-order valence-corrected chi connectivity index (χ4v) is 2.37. The van der Waals surface area contributed by atoms with Crippen LogP contribution in [0, 0.1) is 0 Å². The lowest BCUT2D eigenvalue weighted by atomic mass is 10.2. The molecule has 0 saturated carbocycles. The predicted molar refractivity (Wildman–Crippen MR) is 90.5 cm³/mol. The molecule has 0 unspecified atom stereocenters. The molecule has 0 spiro atoms. The van der Waals surface area contributed by atoms with Crippen LogP contribution >= 0.6 is 11.8 Å². The molecule has 1 rings (SSSR count). The van der Waals surface area contributed by atoms with E-state index in [0.29, 0.717) is 6.42 Å². The van der Waals surface area contributed by atoms with Gasteiger partial charge in [0.05, 0.1) is 0 Å². The molecule has 0 aliphatic rings. The highest BCUT2D eigenvalue weighted by molar-refractivity contribution is 8.00. The molecule has 1 aromatic carbocycles. The number of halogens is 3. The smallest absolute Gasteiger partial charge is 0.446 e. The lowest BCUT2D eigenvalue weighted by Gasteiger charge is -2.19. The number of benzene rings is 1. The van der Waals surface area contributed by atoms with Crippen LogP contribution in [0.4, 0.5) is 23.7 Å². The van der Waals surface area contributed by atoms with Gasteiger partial charge in [0, 0.05) is 23.5 Å². The lowest BCUT2D eigenvalue weighted by molar-refractivity contribution is -0.154. The van der Waals surface area contributed by atoms with Gasteiger partial charge in [0.15, 0.2) is 0 Å². The molecule has 0 radical (unpaired) electrons. The number of esters is 1. The van der Waals surface area contributed by atoms with Crippen LogP contribution in [0.25, 0.3) is 0 Å². The lowest BCUT2D eigenvalue weighted by Crippen LogP contribution is -2.30. The van der Waals surface area contributed by atoms with Crippen molar-refractivity contribution < 1.29 is 27.5 Å². The molecular formula is C16H21F3N2O3S. The molecule has 2 N–H and O–H groups in total. The second-order valence-electron chi connectivity index (χ2n) is 6.15. The number of rotatable bonds is 6. The summed E-state index contributed by atoms with van der Waals surface area (Å²) in [6, 6.07) is 4.89. The van der Waals surface area contributed by atoms with Gasteiger partial charge in [-0.05, 0) is 57.2 Å². The highest BCUT2D eigenvalue weighted by Gasteiger charge is 2.29. The Morgan fingerprint density at radius 1 is 1.20 bits per heavy atom. The van der Waals surface area contributed by atoms with Gasteiger partial charge in [-0.15, -0.1) is 0 Å². The van der Waals surface area contributed by atoms with Crippen molar-refractivity contribution >= 4 is 29.4 Å². The Bertz CT molecular complexity index is 601. The summed E-state index contributed by atoms with van der Waals surface area (Å²) in [6.45, 7) is 5.54. The number of carbonyl (C=O) groups excluding carboxylic acids is 2. The first-order chi connectivity index (χ1) is 11.4. The van der Waals surface area contributed by atoms with Gasteiger partial charge in [-0.3, -0.25) is 4.79 Å². The maximum Gasteiger partial charge on any atom is 0.446 e. The van der Waals surface area contributed by atoms with Gasteiger partial charge in [-0.2, -0.15) is 13.2 Å². The van der Waals surface area contributed by atoms with Crippen molar-refractivity contribution in [1.29, 1.82) is 0 Å². The fraction of sp³-hybridized carbons (Fsp3) is 0.500. The van der Waals surface area contributed by atoms with Crippen LogP contribution in [0.3, 0.4) is 0 Å². The van der Waals surface area contributed by atoms with Crippen LogP contribution in [0.5, 0.6) is 0 Å². The minimum Gasteiger partial charge on any atom is -0.460 e. The Morgan fingerprint density at radius 3 is 2.48 bits per heavy atom. The van der Waals surface area contributed by atoms with Gasteiger partial charge in [-0.25, -0.2) is 4.79 Å². The van der Waals surface area contributed by atoms with E-state index in [1.807, 2.05) is 0 Å². The number of anilines is 1. The Labute approximate surface area is 148 Å². The van der Waals surface area contributed by atoms with Gasteiger partial charge >= 0.3 is 17.5 Å². The monoisotopic (exact) mass is 378 g/mol. The molecular weight excluding hydrogens is 357 g/mol. The van der Waals surface area contributed by atoms with E-state index in [1.165, 1.54) is 24.3 Å². The number of hydrogen-bond donors (Lipinski definition) is 2. The Morgan fingerprint density at radius 2 is 1.88 bits per heavy atom. The zero-order chi connectivity index (χ0) is 19.1. The summed E-state index contributed by atoms with van der Waals surface area (Å²) >= 11 is -0.252. The van der Waals surface area contributed by atoms with Crippen LogP contribution in [-0.4, -0.2) is 29.7 Å². The topological polar surface area (TPSA) is 67.4 Å². The molecule has 0 saturated heterocycles. The standard InChI is InChI=1S/C16H21F3N2O3S/c1-15(2,3)24-13(22)8-5-9-20-14(23)21-11-6-4-7-12(10-11)25-16(17,18)19/h4,6-7,10H,5,8-9H2,1-3H3,(H2,20,21,23). The average Bonchev–Trinajstić information content (AvgIpc) is 2.40. The largest absolute Gasteiger partial charge is 0.460 e. The number of thioether (sulfide) groups is 1. The van der Waals surface area contributed by atoms with E-state index < -0.39 is 17.1 Å². The van der Waals surface area contributed by atoms with Crippen molar-refractivity contribution in [3.8, 4) is 0 Å². The van der Waals surface area contributed by atoms with Crippen molar-refractivity contribution in [3.05, 3.63) is 24.3 Å².